The van der Waals surface area contributed by atoms with Crippen molar-refractivity contribution in [2.75, 3.05) is 0 Å². The molecule has 0 spiro atoms. The number of hydrogen-bond donors (Lipinski definition) is 2. The van der Waals surface area contributed by atoms with Gasteiger partial charge in [0.1, 0.15) is 18.3 Å². The molecule has 4 nitrogen and oxygen atoms in total. The highest BCUT2D eigenvalue weighted by molar-refractivity contribution is 5.82. The maximum Gasteiger partial charge on any atom is 0.330 e. The summed E-state index contributed by atoms with van der Waals surface area (Å²) in [5.41, 5.74) is 0.602. The maximum absolute atomic E-state index is 11.0. The van der Waals surface area contributed by atoms with E-state index in [1.54, 1.807) is 30.3 Å². The number of hydrogen-bond acceptors (Lipinski definition) is 4. The van der Waals surface area contributed by atoms with Crippen molar-refractivity contribution >= 4 is 5.97 Å². The zero-order valence-corrected chi connectivity index (χ0v) is 9.19. The van der Waals surface area contributed by atoms with Crippen molar-refractivity contribution < 1.29 is 19.7 Å². The molecule has 4 heteroatoms. The summed E-state index contributed by atoms with van der Waals surface area (Å²) in [5.74, 6) is -0.486. The minimum Gasteiger partial charge on any atom is -0.456 e. The summed E-state index contributed by atoms with van der Waals surface area (Å²) in [7, 11) is 0. The Bertz CT molecular complexity index is 413. The van der Waals surface area contributed by atoms with Gasteiger partial charge in [-0.05, 0) is 5.56 Å². The van der Waals surface area contributed by atoms with Gasteiger partial charge in [0.25, 0.3) is 0 Å². The predicted molar refractivity (Wildman–Crippen MR) is 61.0 cm³/mol. The minimum absolute atomic E-state index is 0.413. The molecule has 0 bridgehead atoms. The van der Waals surface area contributed by atoms with E-state index in [9.17, 15) is 15.0 Å². The van der Waals surface area contributed by atoms with E-state index in [4.69, 9.17) is 4.74 Å². The lowest BCUT2D eigenvalue weighted by Gasteiger charge is -2.27. The first kappa shape index (κ1) is 11.8. The van der Waals surface area contributed by atoms with Crippen LogP contribution in [0.4, 0.5) is 0 Å². The number of aliphatic hydroxyl groups excluding tert-OH is 2. The Morgan fingerprint density at radius 2 is 1.94 bits per heavy atom. The molecule has 0 aromatic heterocycles. The van der Waals surface area contributed by atoms with Gasteiger partial charge in [0.2, 0.25) is 0 Å². The van der Waals surface area contributed by atoms with E-state index in [1.807, 2.05) is 6.07 Å². The summed E-state index contributed by atoms with van der Waals surface area (Å²) in [4.78, 5) is 11.0. The number of aliphatic hydroxyl groups is 2. The van der Waals surface area contributed by atoms with Gasteiger partial charge < -0.3 is 14.9 Å². The zero-order valence-electron chi connectivity index (χ0n) is 9.19. The summed E-state index contributed by atoms with van der Waals surface area (Å²) in [6.45, 7) is 0. The van der Waals surface area contributed by atoms with Crippen LogP contribution in [0.25, 0.3) is 0 Å². The second-order valence-electron chi connectivity index (χ2n) is 3.96. The standard InChI is InChI=1S/C13H14O4/c14-11-8-4-7-10(17-11)13(16)12(15)9-5-2-1-3-6-9/h1-6,8,10,12-13,15-16H,7H2/t10-,12-,13+/m1/s1. The molecule has 0 fully saturated rings. The second-order valence-corrected chi connectivity index (χ2v) is 3.96. The third-order valence-electron chi connectivity index (χ3n) is 2.74. The fourth-order valence-corrected chi connectivity index (χ4v) is 1.79. The average Bonchev–Trinajstić information content (AvgIpc) is 2.38. The predicted octanol–water partition coefficient (Wildman–Crippen LogP) is 0.953. The minimum atomic E-state index is -1.12. The molecule has 0 radical (unpaired) electrons. The monoisotopic (exact) mass is 234 g/mol. The fraction of sp³-hybridized carbons (Fsp3) is 0.308. The summed E-state index contributed by atoms with van der Waals surface area (Å²) < 4.78 is 4.95. The molecule has 1 aromatic carbocycles. The first-order valence-corrected chi connectivity index (χ1v) is 5.46. The molecule has 3 atom stereocenters. The molecular weight excluding hydrogens is 220 g/mol. The van der Waals surface area contributed by atoms with Crippen molar-refractivity contribution in [2.24, 2.45) is 0 Å². The molecule has 1 aliphatic heterocycles. The third-order valence-corrected chi connectivity index (χ3v) is 2.74. The Morgan fingerprint density at radius 3 is 2.59 bits per heavy atom. The Morgan fingerprint density at radius 1 is 1.24 bits per heavy atom. The van der Waals surface area contributed by atoms with E-state index in [2.05, 4.69) is 0 Å². The molecule has 17 heavy (non-hydrogen) atoms. The van der Waals surface area contributed by atoms with Crippen LogP contribution in [-0.2, 0) is 9.53 Å². The number of esters is 1. The van der Waals surface area contributed by atoms with E-state index in [0.717, 1.165) is 0 Å². The second kappa shape index (κ2) is 5.12. The quantitative estimate of drug-likeness (QED) is 0.764. The van der Waals surface area contributed by atoms with Crippen molar-refractivity contribution in [3.05, 3.63) is 48.0 Å². The van der Waals surface area contributed by atoms with E-state index < -0.39 is 24.3 Å². The van der Waals surface area contributed by atoms with Crippen LogP contribution in [0.2, 0.25) is 0 Å². The highest BCUT2D eigenvalue weighted by Crippen LogP contribution is 2.23. The van der Waals surface area contributed by atoms with E-state index in [-0.39, 0.29) is 0 Å². The largest absolute Gasteiger partial charge is 0.456 e. The summed E-state index contributed by atoms with van der Waals surface area (Å²) in [6.07, 6.45) is 0.501. The van der Waals surface area contributed by atoms with Crippen LogP contribution in [0.3, 0.4) is 0 Å². The number of rotatable bonds is 3. The number of benzene rings is 1. The van der Waals surface area contributed by atoms with Gasteiger partial charge in [-0.1, -0.05) is 36.4 Å². The molecule has 0 saturated heterocycles. The van der Waals surface area contributed by atoms with Crippen molar-refractivity contribution in [3.8, 4) is 0 Å². The molecule has 1 heterocycles. The maximum atomic E-state index is 11.0. The molecule has 0 amide bonds. The smallest absolute Gasteiger partial charge is 0.330 e. The van der Waals surface area contributed by atoms with Crippen LogP contribution in [-0.4, -0.2) is 28.4 Å². The molecule has 0 saturated carbocycles. The zero-order chi connectivity index (χ0) is 12.3. The van der Waals surface area contributed by atoms with Crippen LogP contribution < -0.4 is 0 Å². The lowest BCUT2D eigenvalue weighted by atomic mass is 9.98. The molecule has 1 aromatic rings. The van der Waals surface area contributed by atoms with E-state index in [1.165, 1.54) is 6.08 Å². The van der Waals surface area contributed by atoms with Gasteiger partial charge in [0.15, 0.2) is 0 Å². The van der Waals surface area contributed by atoms with Gasteiger partial charge >= 0.3 is 5.97 Å². The third kappa shape index (κ3) is 2.72. The van der Waals surface area contributed by atoms with Crippen molar-refractivity contribution in [2.45, 2.75) is 24.7 Å². The van der Waals surface area contributed by atoms with E-state index in [0.29, 0.717) is 12.0 Å². The fourth-order valence-electron chi connectivity index (χ4n) is 1.79. The SMILES string of the molecule is O=C1C=CC[C@H]([C@H](O)[C@H](O)c2ccccc2)O1. The first-order valence-electron chi connectivity index (χ1n) is 5.46. The van der Waals surface area contributed by atoms with Crippen LogP contribution >= 0.6 is 0 Å². The summed E-state index contributed by atoms with van der Waals surface area (Å²) in [6, 6.07) is 8.81. The van der Waals surface area contributed by atoms with Crippen LogP contribution in [0, 0.1) is 0 Å². The number of cyclic esters (lactones) is 1. The number of carbonyl (C=O) groups is 1. The van der Waals surface area contributed by atoms with Crippen LogP contribution in [0.5, 0.6) is 0 Å². The topological polar surface area (TPSA) is 66.8 Å². The summed E-state index contributed by atoms with van der Waals surface area (Å²) in [5, 5.41) is 19.9. The molecule has 1 aliphatic rings. The van der Waals surface area contributed by atoms with Gasteiger partial charge in [0, 0.05) is 12.5 Å². The lowest BCUT2D eigenvalue weighted by molar-refractivity contribution is -0.155. The lowest BCUT2D eigenvalue weighted by Crippen LogP contribution is -2.36. The van der Waals surface area contributed by atoms with Crippen molar-refractivity contribution in [3.63, 3.8) is 0 Å². The van der Waals surface area contributed by atoms with Gasteiger partial charge in [-0.15, -0.1) is 0 Å². The average molecular weight is 234 g/mol. The highest BCUT2D eigenvalue weighted by Gasteiger charge is 2.30. The van der Waals surface area contributed by atoms with Gasteiger partial charge in [-0.3, -0.25) is 0 Å². The molecular formula is C13H14O4. The van der Waals surface area contributed by atoms with Gasteiger partial charge in [-0.25, -0.2) is 4.79 Å². The Hall–Kier alpha value is -1.65. The van der Waals surface area contributed by atoms with Crippen molar-refractivity contribution in [1.29, 1.82) is 0 Å². The molecule has 2 N–H and O–H groups in total. The van der Waals surface area contributed by atoms with Crippen LogP contribution in [0.15, 0.2) is 42.5 Å². The summed E-state index contributed by atoms with van der Waals surface area (Å²) >= 11 is 0. The number of ether oxygens (including phenoxy) is 1. The first-order chi connectivity index (χ1) is 8.18. The Kier molecular flexibility index (Phi) is 3.56. The Labute approximate surface area is 99.2 Å². The van der Waals surface area contributed by atoms with Crippen LogP contribution in [0.1, 0.15) is 18.1 Å². The normalized spacial score (nSPS) is 22.9. The number of carbonyl (C=O) groups excluding carboxylic acids is 1. The highest BCUT2D eigenvalue weighted by atomic mass is 16.6. The molecule has 0 aliphatic carbocycles. The Balaban J connectivity index is 2.07. The van der Waals surface area contributed by atoms with Gasteiger partial charge in [0.05, 0.1) is 0 Å². The van der Waals surface area contributed by atoms with Gasteiger partial charge in [-0.2, -0.15) is 0 Å². The van der Waals surface area contributed by atoms with Crippen molar-refractivity contribution in [1.82, 2.24) is 0 Å². The van der Waals surface area contributed by atoms with E-state index >= 15 is 0 Å². The molecule has 0 unspecified atom stereocenters. The molecule has 90 valence electrons. The molecule has 2 rings (SSSR count).